The van der Waals surface area contributed by atoms with E-state index in [9.17, 15) is 4.39 Å². The van der Waals surface area contributed by atoms with E-state index in [1.807, 2.05) is 12.1 Å². The average molecular weight is 455 g/mol. The van der Waals surface area contributed by atoms with Crippen LogP contribution in [0.5, 0.6) is 0 Å². The molecule has 0 amide bonds. The summed E-state index contributed by atoms with van der Waals surface area (Å²) < 4.78 is 14.7. The molecule has 3 aromatic carbocycles. The number of halogens is 1. The molecule has 0 aliphatic carbocycles. The van der Waals surface area contributed by atoms with E-state index in [1.54, 1.807) is 30.3 Å². The Balaban J connectivity index is 1.32. The highest BCUT2D eigenvalue weighted by Crippen LogP contribution is 2.35. The topological polar surface area (TPSA) is 23.8 Å². The zero-order valence-corrected chi connectivity index (χ0v) is 20.8. The van der Waals surface area contributed by atoms with Crippen LogP contribution in [0, 0.1) is 23.1 Å². The summed E-state index contributed by atoms with van der Waals surface area (Å²) in [4.78, 5) is 0. The minimum absolute atomic E-state index is 0.105. The van der Waals surface area contributed by atoms with Crippen LogP contribution in [0.25, 0.3) is 11.1 Å². The number of rotatable bonds is 7. The van der Waals surface area contributed by atoms with Crippen LogP contribution in [0.1, 0.15) is 54.9 Å². The van der Waals surface area contributed by atoms with E-state index in [-0.39, 0.29) is 14.6 Å². The third-order valence-corrected chi connectivity index (χ3v) is 10.3. The lowest BCUT2D eigenvalue weighted by Gasteiger charge is -2.28. The van der Waals surface area contributed by atoms with E-state index < -0.39 is 0 Å². The van der Waals surface area contributed by atoms with E-state index in [0.717, 1.165) is 35.8 Å². The fourth-order valence-electron chi connectivity index (χ4n) is 5.06. The fourth-order valence-corrected chi connectivity index (χ4v) is 8.38. The molecule has 0 atom stereocenters. The van der Waals surface area contributed by atoms with E-state index in [1.165, 1.54) is 42.1 Å². The summed E-state index contributed by atoms with van der Waals surface area (Å²) in [5.41, 5.74) is 5.80. The molecule has 1 aliphatic rings. The van der Waals surface area contributed by atoms with Gasteiger partial charge in [0, 0.05) is 14.4 Å². The van der Waals surface area contributed by atoms with Crippen molar-refractivity contribution in [2.75, 3.05) is 0 Å². The van der Waals surface area contributed by atoms with Crippen LogP contribution in [-0.4, -0.2) is 8.80 Å². The molecule has 1 saturated heterocycles. The molecule has 3 aromatic rings. The van der Waals surface area contributed by atoms with E-state index in [0.29, 0.717) is 11.1 Å². The minimum Gasteiger partial charge on any atom is -0.206 e. The van der Waals surface area contributed by atoms with E-state index in [4.69, 9.17) is 5.26 Å². The van der Waals surface area contributed by atoms with Crippen molar-refractivity contribution in [3.63, 3.8) is 0 Å². The highest BCUT2D eigenvalue weighted by molar-refractivity contribution is 6.59. The van der Waals surface area contributed by atoms with Gasteiger partial charge in [-0.15, -0.1) is 0 Å². The van der Waals surface area contributed by atoms with Gasteiger partial charge in [-0.25, -0.2) is 4.39 Å². The zero-order valence-electron chi connectivity index (χ0n) is 19.8. The predicted octanol–water partition coefficient (Wildman–Crippen LogP) is 8.18. The molecule has 0 bridgehead atoms. The lowest BCUT2D eigenvalue weighted by atomic mass is 9.92. The second-order valence-corrected chi connectivity index (χ2v) is 12.8. The Morgan fingerprint density at radius 1 is 0.909 bits per heavy atom. The number of hydrogen-bond acceptors (Lipinski definition) is 1. The second kappa shape index (κ2) is 10.9. The summed E-state index contributed by atoms with van der Waals surface area (Å²) in [6.45, 7) is 4.72. The van der Waals surface area contributed by atoms with Gasteiger partial charge in [-0.05, 0) is 78.0 Å². The Morgan fingerprint density at radius 3 is 2.15 bits per heavy atom. The van der Waals surface area contributed by atoms with Gasteiger partial charge >= 0.3 is 0 Å². The van der Waals surface area contributed by atoms with Gasteiger partial charge < -0.3 is 0 Å². The molecule has 1 radical (unpaired) electrons. The molecule has 1 nitrogen and oxygen atoms in total. The highest BCUT2D eigenvalue weighted by atomic mass is 28.3. The Hall–Kier alpha value is -2.70. The first kappa shape index (κ1) is 23.5. The van der Waals surface area contributed by atoms with Gasteiger partial charge in [0.2, 0.25) is 0 Å². The summed E-state index contributed by atoms with van der Waals surface area (Å²) >= 11 is 0. The number of hydrogen-bond donors (Lipinski definition) is 0. The smallest absolute Gasteiger partial charge is 0.131 e. The second-order valence-electron chi connectivity index (χ2n) is 9.87. The molecule has 4 rings (SSSR count). The van der Waals surface area contributed by atoms with Crippen LogP contribution in [0.4, 0.5) is 4.39 Å². The van der Waals surface area contributed by atoms with Gasteiger partial charge in [-0.2, -0.15) is 5.26 Å². The normalized spacial score (nSPS) is 15.0. The van der Waals surface area contributed by atoms with Crippen LogP contribution >= 0.6 is 0 Å². The first-order valence-electron chi connectivity index (χ1n) is 12.2. The van der Waals surface area contributed by atoms with Crippen molar-refractivity contribution in [3.05, 3.63) is 94.8 Å². The fraction of sp³-hybridized carbons (Fsp3) is 0.367. The molecule has 0 spiro atoms. The quantitative estimate of drug-likeness (QED) is 0.330. The molecule has 0 aromatic heterocycles. The number of benzene rings is 3. The average Bonchev–Trinajstić information content (AvgIpc) is 2.83. The zero-order chi connectivity index (χ0) is 23.2. The summed E-state index contributed by atoms with van der Waals surface area (Å²) in [5, 5.41) is 8.94. The standard InChI is InChI=1S/C30H33FNSi/c1-22(2)21-33-17-15-27(16-18-33)26-10-5-23(6-11-26)3-4-24-9-14-29(30(31)19-24)28-12-7-25(20-32)8-13-28/h5-14,19,22,27H,3-4,15-18,21H2,1-2H3. The molecule has 1 heterocycles. The van der Waals surface area contributed by atoms with Crippen molar-refractivity contribution in [3.8, 4) is 17.2 Å². The lowest BCUT2D eigenvalue weighted by molar-refractivity contribution is 0.597. The molecular formula is C30H33FNSi. The van der Waals surface area contributed by atoms with Crippen LogP contribution in [0.3, 0.4) is 0 Å². The summed E-state index contributed by atoms with van der Waals surface area (Å²) in [7, 11) is -0.105. The summed E-state index contributed by atoms with van der Waals surface area (Å²) in [6, 6.07) is 28.3. The van der Waals surface area contributed by atoms with Crippen molar-refractivity contribution in [2.45, 2.75) is 63.6 Å². The molecule has 3 heteroatoms. The van der Waals surface area contributed by atoms with Crippen LogP contribution in [-0.2, 0) is 12.8 Å². The largest absolute Gasteiger partial charge is 0.206 e. The highest BCUT2D eigenvalue weighted by Gasteiger charge is 2.24. The monoisotopic (exact) mass is 454 g/mol. The maximum Gasteiger partial charge on any atom is 0.131 e. The van der Waals surface area contributed by atoms with Gasteiger partial charge in [-0.1, -0.05) is 80.5 Å². The molecule has 169 valence electrons. The lowest BCUT2D eigenvalue weighted by Crippen LogP contribution is -2.21. The first-order chi connectivity index (χ1) is 16.0. The Morgan fingerprint density at radius 2 is 1.55 bits per heavy atom. The molecule has 1 fully saturated rings. The number of nitrogens with zero attached hydrogens (tertiary/aromatic N) is 1. The molecule has 1 aliphatic heterocycles. The number of aryl methyl sites for hydroxylation is 2. The molecule has 0 saturated carbocycles. The van der Waals surface area contributed by atoms with E-state index >= 15 is 0 Å². The van der Waals surface area contributed by atoms with Gasteiger partial charge in [0.1, 0.15) is 5.82 Å². The van der Waals surface area contributed by atoms with Crippen LogP contribution in [0.2, 0.25) is 18.1 Å². The molecular weight excluding hydrogens is 421 g/mol. The Labute approximate surface area is 199 Å². The Kier molecular flexibility index (Phi) is 7.78. The van der Waals surface area contributed by atoms with Gasteiger partial charge in [0.15, 0.2) is 0 Å². The third-order valence-electron chi connectivity index (χ3n) is 6.90. The van der Waals surface area contributed by atoms with Crippen molar-refractivity contribution in [1.82, 2.24) is 0 Å². The van der Waals surface area contributed by atoms with Crippen molar-refractivity contribution in [2.24, 2.45) is 5.92 Å². The number of nitriles is 1. The van der Waals surface area contributed by atoms with Crippen LogP contribution < -0.4 is 0 Å². The minimum atomic E-state index is -0.205. The summed E-state index contributed by atoms with van der Waals surface area (Å²) in [5.74, 6) is 1.39. The van der Waals surface area contributed by atoms with Crippen molar-refractivity contribution in [1.29, 1.82) is 5.26 Å². The van der Waals surface area contributed by atoms with Gasteiger partial charge in [0.25, 0.3) is 0 Å². The van der Waals surface area contributed by atoms with Gasteiger partial charge in [-0.3, -0.25) is 0 Å². The third kappa shape index (κ3) is 6.21. The summed E-state index contributed by atoms with van der Waals surface area (Å²) in [6.07, 6.45) is 4.48. The van der Waals surface area contributed by atoms with E-state index in [2.05, 4.69) is 44.2 Å². The van der Waals surface area contributed by atoms with Crippen LogP contribution in [0.15, 0.2) is 66.7 Å². The maximum absolute atomic E-state index is 14.7. The first-order valence-corrected chi connectivity index (χ1v) is 14.4. The maximum atomic E-state index is 14.7. The van der Waals surface area contributed by atoms with Crippen molar-refractivity contribution < 1.29 is 4.39 Å². The van der Waals surface area contributed by atoms with Gasteiger partial charge in [0.05, 0.1) is 11.6 Å². The predicted molar refractivity (Wildman–Crippen MR) is 137 cm³/mol. The SMILES string of the molecule is CC(C)C[Si]1CCC(c2ccc(CCc3ccc(-c4ccc(C#N)cc4)c(F)c3)cc2)CC1. The Bertz CT molecular complexity index is 1090. The molecule has 33 heavy (non-hydrogen) atoms. The molecule has 0 N–H and O–H groups in total. The van der Waals surface area contributed by atoms with Crippen molar-refractivity contribution >= 4 is 8.80 Å². The molecule has 0 unspecified atom stereocenters.